The van der Waals surface area contributed by atoms with Gasteiger partial charge < -0.3 is 4.74 Å². The zero-order valence-corrected chi connectivity index (χ0v) is 10.0. The summed E-state index contributed by atoms with van der Waals surface area (Å²) in [6.45, 7) is 0.932. The van der Waals surface area contributed by atoms with Crippen molar-refractivity contribution in [2.24, 2.45) is 0 Å². The lowest BCUT2D eigenvalue weighted by atomic mass is 9.96. The Bertz CT molecular complexity index is 362. The van der Waals surface area contributed by atoms with E-state index in [4.69, 9.17) is 4.74 Å². The molecule has 88 valence electrons. The molecule has 1 N–H and O–H groups in total. The first-order chi connectivity index (χ1) is 7.32. The van der Waals surface area contributed by atoms with Gasteiger partial charge in [-0.05, 0) is 19.4 Å². The molecule has 0 bridgehead atoms. The minimum absolute atomic E-state index is 0. The van der Waals surface area contributed by atoms with Gasteiger partial charge in [-0.2, -0.15) is 0 Å². The monoisotopic (exact) mass is 241 g/mol. The van der Waals surface area contributed by atoms with Gasteiger partial charge in [0.25, 0.3) is 0 Å². The minimum Gasteiger partial charge on any atom is -0.360 e. The summed E-state index contributed by atoms with van der Waals surface area (Å²) in [5, 5.41) is 3.33. The van der Waals surface area contributed by atoms with E-state index in [2.05, 4.69) is 5.32 Å². The van der Waals surface area contributed by atoms with Gasteiger partial charge in [-0.25, -0.2) is 0 Å². The normalized spacial score (nSPS) is 23.8. The van der Waals surface area contributed by atoms with Gasteiger partial charge in [-0.3, -0.25) is 10.1 Å². The first kappa shape index (κ1) is 13.2. The molecule has 1 aliphatic heterocycles. The molecular formula is C12H16ClNO2. The number of carbonyl (C=O) groups is 1. The Morgan fingerprint density at radius 3 is 2.75 bits per heavy atom. The predicted octanol–water partition coefficient (Wildman–Crippen LogP) is 2.10. The Hall–Kier alpha value is -0.900. The van der Waals surface area contributed by atoms with Crippen molar-refractivity contribution >= 4 is 18.7 Å². The maximum atomic E-state index is 11.0. The zero-order chi connectivity index (χ0) is 10.7. The quantitative estimate of drug-likeness (QED) is 0.824. The topological polar surface area (TPSA) is 38.3 Å². The summed E-state index contributed by atoms with van der Waals surface area (Å²) in [5.41, 5.74) is 1.19. The highest BCUT2D eigenvalue weighted by Gasteiger charge is 2.36. The Morgan fingerprint density at radius 1 is 1.44 bits per heavy atom. The Labute approximate surface area is 102 Å². The van der Waals surface area contributed by atoms with Gasteiger partial charge in [-0.1, -0.05) is 24.3 Å². The van der Waals surface area contributed by atoms with Crippen molar-refractivity contribution in [1.29, 1.82) is 0 Å². The average Bonchev–Trinajstić information content (AvgIpc) is 2.79. The van der Waals surface area contributed by atoms with Gasteiger partial charge in [-0.15, -0.1) is 12.4 Å². The molecule has 1 fully saturated rings. The summed E-state index contributed by atoms with van der Waals surface area (Å²) >= 11 is 0. The third kappa shape index (κ3) is 2.12. The smallest absolute Gasteiger partial charge is 0.150 e. The molecule has 2 rings (SSSR count). The van der Waals surface area contributed by atoms with Crippen LogP contribution >= 0.6 is 12.4 Å². The maximum absolute atomic E-state index is 11.0. The molecule has 4 heteroatoms. The van der Waals surface area contributed by atoms with Gasteiger partial charge in [0.1, 0.15) is 12.0 Å². The molecule has 3 nitrogen and oxygen atoms in total. The third-order valence-electron chi connectivity index (χ3n) is 2.99. The molecule has 1 atom stereocenters. The summed E-state index contributed by atoms with van der Waals surface area (Å²) in [6.07, 6.45) is 2.87. The molecule has 0 aliphatic carbocycles. The van der Waals surface area contributed by atoms with E-state index in [0.717, 1.165) is 31.2 Å². The number of benzene rings is 1. The fourth-order valence-corrected chi connectivity index (χ4v) is 2.20. The number of nitrogens with one attached hydrogen (secondary N) is 1. The van der Waals surface area contributed by atoms with E-state index < -0.39 is 5.72 Å². The van der Waals surface area contributed by atoms with Crippen LogP contribution in [0.25, 0.3) is 0 Å². The largest absolute Gasteiger partial charge is 0.360 e. The first-order valence-corrected chi connectivity index (χ1v) is 5.17. The minimum atomic E-state index is -0.461. The summed E-state index contributed by atoms with van der Waals surface area (Å²) in [4.78, 5) is 11.0. The SMILES string of the molecule is CO[C@@]1(c2ccccc2C=O)CCCN1.Cl. The number of methoxy groups -OCH3 is 1. The highest BCUT2D eigenvalue weighted by molar-refractivity contribution is 5.85. The summed E-state index contributed by atoms with van der Waals surface area (Å²) in [5.74, 6) is 0. The van der Waals surface area contributed by atoms with Crippen molar-refractivity contribution in [2.45, 2.75) is 18.6 Å². The molecule has 1 heterocycles. The van der Waals surface area contributed by atoms with E-state index in [1.807, 2.05) is 24.3 Å². The van der Waals surface area contributed by atoms with E-state index >= 15 is 0 Å². The second-order valence-electron chi connectivity index (χ2n) is 3.77. The number of ether oxygens (including phenoxy) is 1. The second-order valence-corrected chi connectivity index (χ2v) is 3.77. The molecule has 1 aromatic rings. The zero-order valence-electron chi connectivity index (χ0n) is 9.23. The summed E-state index contributed by atoms with van der Waals surface area (Å²) < 4.78 is 5.56. The lowest BCUT2D eigenvalue weighted by molar-refractivity contribution is -0.0290. The predicted molar refractivity (Wildman–Crippen MR) is 65.0 cm³/mol. The number of rotatable bonds is 3. The second kappa shape index (κ2) is 5.43. The number of carbonyl (C=O) groups excluding carboxylic acids is 1. The highest BCUT2D eigenvalue weighted by atomic mass is 35.5. The number of hydrogen-bond donors (Lipinski definition) is 1. The van der Waals surface area contributed by atoms with Crippen LogP contribution in [0.15, 0.2) is 24.3 Å². The summed E-state index contributed by atoms with van der Waals surface area (Å²) in [7, 11) is 1.68. The van der Waals surface area contributed by atoms with Crippen molar-refractivity contribution in [2.75, 3.05) is 13.7 Å². The fraction of sp³-hybridized carbons (Fsp3) is 0.417. The molecular weight excluding hydrogens is 226 g/mol. The van der Waals surface area contributed by atoms with Crippen LogP contribution < -0.4 is 5.32 Å². The standard InChI is InChI=1S/C12H15NO2.ClH/c1-15-12(7-4-8-13-12)11-6-3-2-5-10(11)9-14;/h2-3,5-6,9,13H,4,7-8H2,1H3;1H/t12-;/m1./s1. The lowest BCUT2D eigenvalue weighted by Crippen LogP contribution is -2.39. The van der Waals surface area contributed by atoms with Gasteiger partial charge in [0.2, 0.25) is 0 Å². The molecule has 16 heavy (non-hydrogen) atoms. The van der Waals surface area contributed by atoms with Crippen LogP contribution in [0.5, 0.6) is 0 Å². The van der Waals surface area contributed by atoms with E-state index in [0.29, 0.717) is 5.56 Å². The van der Waals surface area contributed by atoms with Gasteiger partial charge >= 0.3 is 0 Å². The van der Waals surface area contributed by atoms with Crippen LogP contribution in [0.4, 0.5) is 0 Å². The van der Waals surface area contributed by atoms with Crippen LogP contribution in [-0.4, -0.2) is 19.9 Å². The van der Waals surface area contributed by atoms with Crippen molar-refractivity contribution in [3.63, 3.8) is 0 Å². The van der Waals surface area contributed by atoms with Gasteiger partial charge in [0.05, 0.1) is 0 Å². The van der Waals surface area contributed by atoms with Crippen LogP contribution in [0.2, 0.25) is 0 Å². The van der Waals surface area contributed by atoms with Crippen LogP contribution in [0.3, 0.4) is 0 Å². The van der Waals surface area contributed by atoms with Crippen molar-refractivity contribution in [3.8, 4) is 0 Å². The third-order valence-corrected chi connectivity index (χ3v) is 2.99. The van der Waals surface area contributed by atoms with Gasteiger partial charge in [0.15, 0.2) is 0 Å². The molecule has 0 spiro atoms. The molecule has 1 aliphatic rings. The van der Waals surface area contributed by atoms with Crippen molar-refractivity contribution in [3.05, 3.63) is 35.4 Å². The average molecular weight is 242 g/mol. The van der Waals surface area contributed by atoms with Crippen molar-refractivity contribution in [1.82, 2.24) is 5.32 Å². The Kier molecular flexibility index (Phi) is 4.47. The molecule has 0 aromatic heterocycles. The molecule has 1 aromatic carbocycles. The van der Waals surface area contributed by atoms with E-state index in [1.54, 1.807) is 7.11 Å². The summed E-state index contributed by atoms with van der Waals surface area (Å²) in [6, 6.07) is 7.57. The molecule has 0 saturated carbocycles. The Morgan fingerprint density at radius 2 is 2.19 bits per heavy atom. The molecule has 0 amide bonds. The van der Waals surface area contributed by atoms with Crippen LogP contribution in [-0.2, 0) is 10.5 Å². The molecule has 0 unspecified atom stereocenters. The number of aldehydes is 1. The molecule has 1 saturated heterocycles. The van der Waals surface area contributed by atoms with Gasteiger partial charge in [0, 0.05) is 18.2 Å². The maximum Gasteiger partial charge on any atom is 0.150 e. The lowest BCUT2D eigenvalue weighted by Gasteiger charge is -2.29. The van der Waals surface area contributed by atoms with E-state index in [9.17, 15) is 4.79 Å². The van der Waals surface area contributed by atoms with E-state index in [1.165, 1.54) is 0 Å². The van der Waals surface area contributed by atoms with E-state index in [-0.39, 0.29) is 12.4 Å². The first-order valence-electron chi connectivity index (χ1n) is 5.17. The highest BCUT2D eigenvalue weighted by Crippen LogP contribution is 2.32. The molecule has 0 radical (unpaired) electrons. The number of halogens is 1. The number of hydrogen-bond acceptors (Lipinski definition) is 3. The fourth-order valence-electron chi connectivity index (χ4n) is 2.20. The van der Waals surface area contributed by atoms with Crippen molar-refractivity contribution < 1.29 is 9.53 Å². The van der Waals surface area contributed by atoms with Crippen LogP contribution in [0.1, 0.15) is 28.8 Å². The Balaban J connectivity index is 0.00000128. The van der Waals surface area contributed by atoms with Crippen LogP contribution in [0, 0.1) is 0 Å².